The van der Waals surface area contributed by atoms with E-state index in [1.807, 2.05) is 0 Å². The quantitative estimate of drug-likeness (QED) is 0.188. The molecule has 2 radical (unpaired) electrons. The summed E-state index contributed by atoms with van der Waals surface area (Å²) in [6.45, 7) is 0. The zero-order chi connectivity index (χ0) is 9.00. The second kappa shape index (κ2) is 17.0. The van der Waals surface area contributed by atoms with Crippen LogP contribution in [0.25, 0.3) is 0 Å². The molecule has 0 atom stereocenters. The molecule has 0 aromatic heterocycles. The molecule has 0 saturated carbocycles. The summed E-state index contributed by atoms with van der Waals surface area (Å²) in [5.41, 5.74) is 0. The van der Waals surface area contributed by atoms with E-state index in [1.165, 1.54) is 0 Å². The molecule has 9 nitrogen and oxygen atoms in total. The van der Waals surface area contributed by atoms with Crippen molar-refractivity contribution in [1.82, 2.24) is 0 Å². The zero-order valence-electron chi connectivity index (χ0n) is 4.80. The second-order valence-corrected chi connectivity index (χ2v) is 3.08. The SMILES string of the molecule is O=P(O)(O)O.O=P(O)(O)O.[CaH2].[CaH2].[CaH2].[O]. The van der Waals surface area contributed by atoms with Crippen molar-refractivity contribution in [3.8, 4) is 0 Å². The summed E-state index contributed by atoms with van der Waals surface area (Å²) in [5.74, 6) is 0. The van der Waals surface area contributed by atoms with Crippen LogP contribution in [-0.4, -0.2) is 143 Å². The molecule has 0 aliphatic rings. The van der Waals surface area contributed by atoms with Crippen molar-refractivity contribution in [2.24, 2.45) is 0 Å². The fourth-order valence-electron chi connectivity index (χ4n) is 0. The normalized spacial score (nSPS) is 8.43. The Morgan fingerprint density at radius 2 is 0.571 bits per heavy atom. The molecule has 14 heavy (non-hydrogen) atoms. The first-order chi connectivity index (χ1) is 4.00. The summed E-state index contributed by atoms with van der Waals surface area (Å²) in [7, 11) is -9.28. The molecular weight excluding hydrogens is 326 g/mol. The first-order valence-electron chi connectivity index (χ1n) is 1.57. The Morgan fingerprint density at radius 1 is 0.571 bits per heavy atom. The van der Waals surface area contributed by atoms with Gasteiger partial charge in [0.15, 0.2) is 0 Å². The summed E-state index contributed by atoms with van der Waals surface area (Å²) < 4.78 is 17.8. The molecule has 0 aromatic carbocycles. The van der Waals surface area contributed by atoms with E-state index < -0.39 is 15.6 Å². The molecule has 0 heterocycles. The van der Waals surface area contributed by atoms with Crippen LogP contribution in [0.4, 0.5) is 0 Å². The molecule has 0 bridgehead atoms. The van der Waals surface area contributed by atoms with Crippen LogP contribution in [0.5, 0.6) is 0 Å². The van der Waals surface area contributed by atoms with E-state index in [9.17, 15) is 0 Å². The van der Waals surface area contributed by atoms with Crippen LogP contribution >= 0.6 is 15.6 Å². The summed E-state index contributed by atoms with van der Waals surface area (Å²) in [4.78, 5) is 43.1. The van der Waals surface area contributed by atoms with Gasteiger partial charge in [-0.05, 0) is 0 Å². The third kappa shape index (κ3) is 228. The minimum atomic E-state index is -4.64. The van der Waals surface area contributed by atoms with Crippen LogP contribution in [0, 0.1) is 0 Å². The Kier molecular flexibility index (Phi) is 43.7. The Labute approximate surface area is 169 Å². The van der Waals surface area contributed by atoms with Crippen LogP contribution < -0.4 is 0 Å². The van der Waals surface area contributed by atoms with E-state index in [1.54, 1.807) is 0 Å². The van der Waals surface area contributed by atoms with Crippen molar-refractivity contribution in [2.75, 3.05) is 0 Å². The molecule has 6 N–H and O–H groups in total. The molecular formula is H12Ca3O9P2. The molecule has 0 saturated heterocycles. The van der Waals surface area contributed by atoms with Gasteiger partial charge in [-0.1, -0.05) is 0 Å². The second-order valence-electron chi connectivity index (χ2n) is 1.03. The molecule has 0 unspecified atom stereocenters. The summed E-state index contributed by atoms with van der Waals surface area (Å²) in [5, 5.41) is 0. The van der Waals surface area contributed by atoms with Crippen molar-refractivity contribution >= 4 is 129 Å². The smallest absolute Gasteiger partial charge is 0 e. The predicted octanol–water partition coefficient (Wildman–Crippen LogP) is -4.72. The molecule has 82 valence electrons. The van der Waals surface area contributed by atoms with Crippen molar-refractivity contribution < 1.29 is 44.0 Å². The van der Waals surface area contributed by atoms with Crippen LogP contribution in [0.1, 0.15) is 0 Å². The van der Waals surface area contributed by atoms with E-state index >= 15 is 0 Å². The molecule has 0 aliphatic heterocycles. The Hall–Kier alpha value is 3.96. The number of hydrogen-bond donors (Lipinski definition) is 6. The van der Waals surface area contributed by atoms with Crippen molar-refractivity contribution in [3.05, 3.63) is 0 Å². The number of hydrogen-bond acceptors (Lipinski definition) is 2. The topological polar surface area (TPSA) is 184 Å². The van der Waals surface area contributed by atoms with Crippen molar-refractivity contribution in [3.63, 3.8) is 0 Å². The third-order valence-electron chi connectivity index (χ3n) is 0. The zero-order valence-corrected chi connectivity index (χ0v) is 6.59. The minimum absolute atomic E-state index is 0. The van der Waals surface area contributed by atoms with Gasteiger partial charge in [0.2, 0.25) is 0 Å². The van der Waals surface area contributed by atoms with Crippen molar-refractivity contribution in [2.45, 2.75) is 0 Å². The largest absolute Gasteiger partial charge is 0 e. The third-order valence-corrected chi connectivity index (χ3v) is 0. The fourth-order valence-corrected chi connectivity index (χ4v) is 0. The van der Waals surface area contributed by atoms with Gasteiger partial charge in [0.1, 0.15) is 0 Å². The van der Waals surface area contributed by atoms with Crippen LogP contribution in [0.3, 0.4) is 0 Å². The summed E-state index contributed by atoms with van der Waals surface area (Å²) in [6.07, 6.45) is 0. The van der Waals surface area contributed by atoms with Gasteiger partial charge >= 0.3 is 129 Å². The molecule has 0 aliphatic carbocycles. The van der Waals surface area contributed by atoms with Crippen LogP contribution in [0.2, 0.25) is 0 Å². The first-order valence-corrected chi connectivity index (χ1v) is 4.70. The van der Waals surface area contributed by atoms with E-state index in [0.717, 1.165) is 0 Å². The van der Waals surface area contributed by atoms with Gasteiger partial charge in [-0.15, -0.1) is 0 Å². The van der Waals surface area contributed by atoms with Crippen molar-refractivity contribution in [1.29, 1.82) is 0 Å². The summed E-state index contributed by atoms with van der Waals surface area (Å²) in [6, 6.07) is 0. The average molecular weight is 338 g/mol. The predicted molar refractivity (Wildman–Crippen MR) is 54.8 cm³/mol. The molecule has 0 fully saturated rings. The molecule has 14 heteroatoms. The monoisotopic (exact) mass is 338 g/mol. The van der Waals surface area contributed by atoms with E-state index in [2.05, 4.69) is 0 Å². The van der Waals surface area contributed by atoms with Gasteiger partial charge in [-0.2, -0.15) is 0 Å². The maximum atomic E-state index is 8.88. The molecule has 0 spiro atoms. The molecule has 0 amide bonds. The van der Waals surface area contributed by atoms with Gasteiger partial charge in [-0.25, -0.2) is 9.13 Å². The summed E-state index contributed by atoms with van der Waals surface area (Å²) >= 11 is 0. The van der Waals surface area contributed by atoms with E-state index in [-0.39, 0.29) is 119 Å². The average Bonchev–Trinajstić information content (AvgIpc) is 1.12. The van der Waals surface area contributed by atoms with Gasteiger partial charge in [-0.3, -0.25) is 0 Å². The fraction of sp³-hybridized carbons (Fsp3) is 0. The standard InChI is InChI=1S/3Ca.2H3O4P.O.6H/c;;;2*1-5(2,3)4;;;;;;;/h;;;2*(H3,1,2,3,4);;;;;;;. The molecule has 0 aromatic rings. The maximum Gasteiger partial charge on any atom is 0 e. The van der Waals surface area contributed by atoms with Crippen LogP contribution in [0.15, 0.2) is 0 Å². The van der Waals surface area contributed by atoms with E-state index in [4.69, 9.17) is 38.5 Å². The Morgan fingerprint density at radius 3 is 0.571 bits per heavy atom. The number of rotatable bonds is 0. The first kappa shape index (κ1) is 36.1. The van der Waals surface area contributed by atoms with Gasteiger partial charge in [0.25, 0.3) is 0 Å². The minimum Gasteiger partial charge on any atom is 0 e. The maximum absolute atomic E-state index is 8.88. The Bertz CT molecular complexity index is 130. The number of phosphoric acid groups is 2. The molecule has 0 rings (SSSR count). The van der Waals surface area contributed by atoms with Gasteiger partial charge in [0.05, 0.1) is 0 Å². The van der Waals surface area contributed by atoms with E-state index in [0.29, 0.717) is 0 Å². The van der Waals surface area contributed by atoms with Gasteiger partial charge < -0.3 is 29.4 Å². The van der Waals surface area contributed by atoms with Crippen LogP contribution in [-0.2, 0) is 14.6 Å². The Balaban J connectivity index is -0.0000000178. The van der Waals surface area contributed by atoms with Gasteiger partial charge in [0, 0.05) is 5.48 Å².